The second-order valence-corrected chi connectivity index (χ2v) is 4.53. The van der Waals surface area contributed by atoms with E-state index in [-0.39, 0.29) is 12.3 Å². The van der Waals surface area contributed by atoms with E-state index in [1.807, 2.05) is 19.1 Å². The molecule has 1 aromatic carbocycles. The second-order valence-electron chi connectivity index (χ2n) is 4.53. The first-order valence-corrected chi connectivity index (χ1v) is 6.86. The third-order valence-corrected chi connectivity index (χ3v) is 2.64. The average molecular weight is 279 g/mol. The number of hydrogen-bond acceptors (Lipinski definition) is 3. The highest BCUT2D eigenvalue weighted by Crippen LogP contribution is 2.18. The molecule has 0 spiro atoms. The maximum atomic E-state index is 11.7. The molecular formula is C15H21NO4. The number of carboxylic acids is 1. The van der Waals surface area contributed by atoms with Gasteiger partial charge in [-0.15, -0.1) is 0 Å². The molecule has 0 unspecified atom stereocenters. The summed E-state index contributed by atoms with van der Waals surface area (Å²) < 4.78 is 5.49. The lowest BCUT2D eigenvalue weighted by molar-refractivity contribution is -0.137. The Hall–Kier alpha value is -2.04. The van der Waals surface area contributed by atoms with Gasteiger partial charge in [-0.2, -0.15) is 0 Å². The standard InChI is InChI=1S/C15H21NO4/c1-2-10-20-13-7-5-6-12(11-13)16-14(17)8-3-4-9-15(18)19/h5-7,11H,2-4,8-10H2,1H3,(H,16,17)(H,18,19). The molecule has 1 aromatic rings. The largest absolute Gasteiger partial charge is 0.494 e. The molecule has 0 aliphatic rings. The summed E-state index contributed by atoms with van der Waals surface area (Å²) in [6, 6.07) is 7.25. The van der Waals surface area contributed by atoms with Crippen LogP contribution in [0.4, 0.5) is 5.69 Å². The van der Waals surface area contributed by atoms with E-state index in [9.17, 15) is 9.59 Å². The van der Waals surface area contributed by atoms with E-state index in [1.54, 1.807) is 12.1 Å². The van der Waals surface area contributed by atoms with Crippen LogP contribution in [-0.2, 0) is 9.59 Å². The summed E-state index contributed by atoms with van der Waals surface area (Å²) in [6.45, 7) is 2.68. The third-order valence-electron chi connectivity index (χ3n) is 2.64. The molecule has 5 heteroatoms. The summed E-state index contributed by atoms with van der Waals surface area (Å²) in [4.78, 5) is 22.0. The predicted octanol–water partition coefficient (Wildman–Crippen LogP) is 3.06. The van der Waals surface area contributed by atoms with Gasteiger partial charge in [-0.05, 0) is 31.4 Å². The van der Waals surface area contributed by atoms with Crippen molar-refractivity contribution in [3.8, 4) is 5.75 Å². The van der Waals surface area contributed by atoms with Crippen molar-refractivity contribution in [3.05, 3.63) is 24.3 Å². The van der Waals surface area contributed by atoms with Crippen LogP contribution in [-0.4, -0.2) is 23.6 Å². The fourth-order valence-corrected chi connectivity index (χ4v) is 1.67. The van der Waals surface area contributed by atoms with Crippen LogP contribution in [0.3, 0.4) is 0 Å². The molecule has 0 fully saturated rings. The molecule has 0 aromatic heterocycles. The molecule has 2 N–H and O–H groups in total. The van der Waals surface area contributed by atoms with Crippen molar-refractivity contribution in [2.45, 2.75) is 39.0 Å². The average Bonchev–Trinajstić information content (AvgIpc) is 2.41. The van der Waals surface area contributed by atoms with Gasteiger partial charge >= 0.3 is 5.97 Å². The maximum Gasteiger partial charge on any atom is 0.303 e. The van der Waals surface area contributed by atoms with Crippen LogP contribution in [0.15, 0.2) is 24.3 Å². The highest BCUT2D eigenvalue weighted by atomic mass is 16.5. The quantitative estimate of drug-likeness (QED) is 0.681. The van der Waals surface area contributed by atoms with E-state index in [1.165, 1.54) is 0 Å². The summed E-state index contributed by atoms with van der Waals surface area (Å²) in [7, 11) is 0. The molecule has 0 bridgehead atoms. The van der Waals surface area contributed by atoms with Gasteiger partial charge in [0.2, 0.25) is 5.91 Å². The van der Waals surface area contributed by atoms with Gasteiger partial charge in [0.05, 0.1) is 6.61 Å². The molecule has 110 valence electrons. The number of benzene rings is 1. The fourth-order valence-electron chi connectivity index (χ4n) is 1.67. The van der Waals surface area contributed by atoms with Crippen LogP contribution in [0.5, 0.6) is 5.75 Å². The first-order valence-electron chi connectivity index (χ1n) is 6.86. The lowest BCUT2D eigenvalue weighted by atomic mass is 10.2. The molecule has 1 rings (SSSR count). The van der Waals surface area contributed by atoms with Gasteiger partial charge in [0.25, 0.3) is 0 Å². The van der Waals surface area contributed by atoms with Crippen molar-refractivity contribution in [2.75, 3.05) is 11.9 Å². The molecule has 0 aliphatic carbocycles. The molecular weight excluding hydrogens is 258 g/mol. The number of carbonyl (C=O) groups is 2. The minimum atomic E-state index is -0.828. The van der Waals surface area contributed by atoms with Crippen molar-refractivity contribution in [3.63, 3.8) is 0 Å². The lowest BCUT2D eigenvalue weighted by Gasteiger charge is -2.08. The van der Waals surface area contributed by atoms with Gasteiger partial charge in [0.15, 0.2) is 0 Å². The summed E-state index contributed by atoms with van der Waals surface area (Å²) in [5, 5.41) is 11.3. The van der Waals surface area contributed by atoms with Gasteiger partial charge in [-0.25, -0.2) is 0 Å². The van der Waals surface area contributed by atoms with Crippen molar-refractivity contribution >= 4 is 17.6 Å². The number of amides is 1. The Kier molecular flexibility index (Phi) is 7.17. The molecule has 0 aliphatic heterocycles. The highest BCUT2D eigenvalue weighted by molar-refractivity contribution is 5.90. The van der Waals surface area contributed by atoms with Gasteiger partial charge in [0, 0.05) is 24.6 Å². The van der Waals surface area contributed by atoms with Gasteiger partial charge in [-0.3, -0.25) is 9.59 Å². The number of nitrogens with one attached hydrogen (secondary N) is 1. The van der Waals surface area contributed by atoms with E-state index in [2.05, 4.69) is 5.32 Å². The van der Waals surface area contributed by atoms with Crippen LogP contribution >= 0.6 is 0 Å². The number of rotatable bonds is 9. The summed E-state index contributed by atoms with van der Waals surface area (Å²) in [5.74, 6) is -0.204. The number of carboxylic acid groups (broad SMARTS) is 1. The third kappa shape index (κ3) is 6.78. The van der Waals surface area contributed by atoms with E-state index in [4.69, 9.17) is 9.84 Å². The molecule has 0 atom stereocenters. The Balaban J connectivity index is 2.35. The van der Waals surface area contributed by atoms with Crippen LogP contribution in [0.1, 0.15) is 39.0 Å². The predicted molar refractivity (Wildman–Crippen MR) is 77.0 cm³/mol. The second kappa shape index (κ2) is 8.96. The first-order chi connectivity index (χ1) is 9.61. The Morgan fingerprint density at radius 3 is 2.70 bits per heavy atom. The molecule has 5 nitrogen and oxygen atoms in total. The number of carbonyl (C=O) groups excluding carboxylic acids is 1. The number of ether oxygens (including phenoxy) is 1. The van der Waals surface area contributed by atoms with Gasteiger partial charge in [0.1, 0.15) is 5.75 Å². The number of unbranched alkanes of at least 4 members (excludes halogenated alkanes) is 1. The number of hydrogen-bond donors (Lipinski definition) is 2. The van der Waals surface area contributed by atoms with Crippen molar-refractivity contribution in [2.24, 2.45) is 0 Å². The molecule has 1 amide bonds. The summed E-state index contributed by atoms with van der Waals surface area (Å²) in [5.41, 5.74) is 0.696. The van der Waals surface area contributed by atoms with E-state index >= 15 is 0 Å². The van der Waals surface area contributed by atoms with Gasteiger partial charge < -0.3 is 15.2 Å². The van der Waals surface area contributed by atoms with Crippen molar-refractivity contribution in [1.82, 2.24) is 0 Å². The van der Waals surface area contributed by atoms with Crippen LogP contribution < -0.4 is 10.1 Å². The molecule has 0 saturated carbocycles. The Bertz CT molecular complexity index is 445. The van der Waals surface area contributed by atoms with Crippen LogP contribution in [0.2, 0.25) is 0 Å². The monoisotopic (exact) mass is 279 g/mol. The summed E-state index contributed by atoms with van der Waals surface area (Å²) in [6.07, 6.45) is 2.45. The van der Waals surface area contributed by atoms with Crippen LogP contribution in [0.25, 0.3) is 0 Å². The normalized spacial score (nSPS) is 10.1. The highest BCUT2D eigenvalue weighted by Gasteiger charge is 2.04. The zero-order valence-corrected chi connectivity index (χ0v) is 11.7. The molecule has 0 saturated heterocycles. The molecule has 0 heterocycles. The number of aliphatic carboxylic acids is 1. The minimum Gasteiger partial charge on any atom is -0.494 e. The lowest BCUT2D eigenvalue weighted by Crippen LogP contribution is -2.11. The van der Waals surface area contributed by atoms with Crippen molar-refractivity contribution < 1.29 is 19.4 Å². The zero-order chi connectivity index (χ0) is 14.8. The number of anilines is 1. The molecule has 20 heavy (non-hydrogen) atoms. The summed E-state index contributed by atoms with van der Waals surface area (Å²) >= 11 is 0. The van der Waals surface area contributed by atoms with Gasteiger partial charge in [-0.1, -0.05) is 13.0 Å². The Labute approximate surface area is 118 Å². The van der Waals surface area contributed by atoms with E-state index in [0.717, 1.165) is 12.2 Å². The molecule has 0 radical (unpaired) electrons. The first kappa shape index (κ1) is 16.0. The fraction of sp³-hybridized carbons (Fsp3) is 0.467. The topological polar surface area (TPSA) is 75.6 Å². The van der Waals surface area contributed by atoms with E-state index in [0.29, 0.717) is 31.6 Å². The smallest absolute Gasteiger partial charge is 0.303 e. The van der Waals surface area contributed by atoms with Crippen LogP contribution in [0, 0.1) is 0 Å². The maximum absolute atomic E-state index is 11.7. The van der Waals surface area contributed by atoms with E-state index < -0.39 is 5.97 Å². The minimum absolute atomic E-state index is 0.105. The Morgan fingerprint density at radius 1 is 1.25 bits per heavy atom. The Morgan fingerprint density at radius 2 is 2.00 bits per heavy atom. The van der Waals surface area contributed by atoms with Crippen molar-refractivity contribution in [1.29, 1.82) is 0 Å². The zero-order valence-electron chi connectivity index (χ0n) is 11.7. The SMILES string of the molecule is CCCOc1cccc(NC(=O)CCCCC(=O)O)c1.